The summed E-state index contributed by atoms with van der Waals surface area (Å²) in [5.74, 6) is -1.30. The van der Waals surface area contributed by atoms with Crippen LogP contribution in [-0.2, 0) is 4.79 Å². The highest BCUT2D eigenvalue weighted by molar-refractivity contribution is 7.13. The summed E-state index contributed by atoms with van der Waals surface area (Å²) in [5, 5.41) is 14.1. The minimum atomic E-state index is -1.03. The molecular weight excluding hydrogens is 300 g/mol. The van der Waals surface area contributed by atoms with E-state index in [0.717, 1.165) is 10.6 Å². The number of rotatable bonds is 6. The second-order valence-electron chi connectivity index (χ2n) is 5.40. The van der Waals surface area contributed by atoms with Gasteiger partial charge in [-0.2, -0.15) is 0 Å². The summed E-state index contributed by atoms with van der Waals surface area (Å²) >= 11 is 1.36. The van der Waals surface area contributed by atoms with Crippen LogP contribution in [0.15, 0.2) is 35.7 Å². The number of aliphatic carboxylic acids is 1. The Labute approximate surface area is 133 Å². The van der Waals surface area contributed by atoms with Gasteiger partial charge in [0.2, 0.25) is 0 Å². The van der Waals surface area contributed by atoms with Crippen LogP contribution in [0, 0.1) is 5.92 Å². The fourth-order valence-electron chi connectivity index (χ4n) is 2.02. The molecule has 116 valence electrons. The molecule has 0 bridgehead atoms. The van der Waals surface area contributed by atoms with Crippen LogP contribution in [0.1, 0.15) is 30.8 Å². The number of aromatic nitrogens is 1. The lowest BCUT2D eigenvalue weighted by molar-refractivity contribution is -0.139. The SMILES string of the molecule is CC(C)C[C@H](NC(=O)c1csc(-c2ccccc2)n1)C(=O)O. The monoisotopic (exact) mass is 318 g/mol. The molecule has 2 aromatic rings. The van der Waals surface area contributed by atoms with Gasteiger partial charge in [0.15, 0.2) is 0 Å². The number of amides is 1. The van der Waals surface area contributed by atoms with Gasteiger partial charge in [-0.15, -0.1) is 11.3 Å². The minimum Gasteiger partial charge on any atom is -0.480 e. The van der Waals surface area contributed by atoms with Gasteiger partial charge in [0.1, 0.15) is 16.7 Å². The van der Waals surface area contributed by atoms with Crippen LogP contribution in [0.5, 0.6) is 0 Å². The van der Waals surface area contributed by atoms with Crippen molar-refractivity contribution in [3.8, 4) is 10.6 Å². The zero-order chi connectivity index (χ0) is 16.1. The topological polar surface area (TPSA) is 79.3 Å². The van der Waals surface area contributed by atoms with Gasteiger partial charge in [-0.25, -0.2) is 9.78 Å². The molecule has 0 spiro atoms. The molecular formula is C16H18N2O3S. The van der Waals surface area contributed by atoms with E-state index in [1.807, 2.05) is 44.2 Å². The van der Waals surface area contributed by atoms with Crippen LogP contribution in [0.2, 0.25) is 0 Å². The quantitative estimate of drug-likeness (QED) is 0.858. The minimum absolute atomic E-state index is 0.178. The molecule has 2 rings (SSSR count). The Morgan fingerprint density at radius 1 is 1.27 bits per heavy atom. The van der Waals surface area contributed by atoms with Crippen molar-refractivity contribution in [1.82, 2.24) is 10.3 Å². The molecule has 1 aromatic carbocycles. The van der Waals surface area contributed by atoms with Crippen molar-refractivity contribution in [2.75, 3.05) is 0 Å². The van der Waals surface area contributed by atoms with E-state index in [0.29, 0.717) is 6.42 Å². The molecule has 5 nitrogen and oxygen atoms in total. The predicted molar refractivity (Wildman–Crippen MR) is 85.9 cm³/mol. The van der Waals surface area contributed by atoms with Crippen LogP contribution in [0.4, 0.5) is 0 Å². The highest BCUT2D eigenvalue weighted by atomic mass is 32.1. The van der Waals surface area contributed by atoms with Gasteiger partial charge in [-0.3, -0.25) is 4.79 Å². The molecule has 0 fully saturated rings. The Morgan fingerprint density at radius 3 is 2.55 bits per heavy atom. The lowest BCUT2D eigenvalue weighted by Gasteiger charge is -2.15. The molecule has 6 heteroatoms. The van der Waals surface area contributed by atoms with Crippen molar-refractivity contribution < 1.29 is 14.7 Å². The molecule has 0 aliphatic carbocycles. The largest absolute Gasteiger partial charge is 0.480 e. The summed E-state index contributed by atoms with van der Waals surface area (Å²) in [6.45, 7) is 3.83. The Morgan fingerprint density at radius 2 is 1.95 bits per heavy atom. The van der Waals surface area contributed by atoms with Gasteiger partial charge in [0, 0.05) is 10.9 Å². The number of carbonyl (C=O) groups excluding carboxylic acids is 1. The molecule has 0 unspecified atom stereocenters. The maximum atomic E-state index is 12.2. The fourth-order valence-corrected chi connectivity index (χ4v) is 2.82. The summed E-state index contributed by atoms with van der Waals surface area (Å²) in [5.41, 5.74) is 1.18. The van der Waals surface area contributed by atoms with Crippen LogP contribution in [0.3, 0.4) is 0 Å². The highest BCUT2D eigenvalue weighted by Gasteiger charge is 2.23. The zero-order valence-electron chi connectivity index (χ0n) is 12.4. The van der Waals surface area contributed by atoms with Crippen molar-refractivity contribution in [3.05, 3.63) is 41.4 Å². The third kappa shape index (κ3) is 4.14. The zero-order valence-corrected chi connectivity index (χ0v) is 13.3. The third-order valence-electron chi connectivity index (χ3n) is 3.07. The van der Waals surface area contributed by atoms with Crippen LogP contribution in [0.25, 0.3) is 10.6 Å². The van der Waals surface area contributed by atoms with Crippen molar-refractivity contribution in [2.45, 2.75) is 26.3 Å². The molecule has 0 saturated heterocycles. The van der Waals surface area contributed by atoms with Crippen molar-refractivity contribution in [2.24, 2.45) is 5.92 Å². The normalized spacial score (nSPS) is 12.1. The second kappa shape index (κ2) is 7.17. The van der Waals surface area contributed by atoms with E-state index in [9.17, 15) is 9.59 Å². The molecule has 2 N–H and O–H groups in total. The first-order chi connectivity index (χ1) is 10.5. The summed E-state index contributed by atoms with van der Waals surface area (Å²) in [4.78, 5) is 27.6. The van der Waals surface area contributed by atoms with Crippen LogP contribution < -0.4 is 5.32 Å². The Balaban J connectivity index is 2.10. The van der Waals surface area contributed by atoms with E-state index >= 15 is 0 Å². The first kappa shape index (κ1) is 16.2. The second-order valence-corrected chi connectivity index (χ2v) is 6.26. The average molecular weight is 318 g/mol. The van der Waals surface area contributed by atoms with Crippen molar-refractivity contribution in [1.29, 1.82) is 0 Å². The lowest BCUT2D eigenvalue weighted by Crippen LogP contribution is -2.41. The number of benzene rings is 1. The predicted octanol–water partition coefficient (Wildman–Crippen LogP) is 3.04. The van der Waals surface area contributed by atoms with Gasteiger partial charge in [-0.05, 0) is 12.3 Å². The molecule has 22 heavy (non-hydrogen) atoms. The standard InChI is InChI=1S/C16H18N2O3S/c1-10(2)8-12(16(20)21)17-14(19)13-9-22-15(18-13)11-6-4-3-5-7-11/h3-7,9-10,12H,8H2,1-2H3,(H,17,19)(H,20,21)/t12-/m0/s1. The van der Waals surface area contributed by atoms with Gasteiger partial charge >= 0.3 is 5.97 Å². The van der Waals surface area contributed by atoms with Gasteiger partial charge in [0.25, 0.3) is 5.91 Å². The number of hydrogen-bond acceptors (Lipinski definition) is 4. The van der Waals surface area contributed by atoms with E-state index in [2.05, 4.69) is 10.3 Å². The summed E-state index contributed by atoms with van der Waals surface area (Å²) in [6.07, 6.45) is 0.386. The molecule has 1 heterocycles. The summed E-state index contributed by atoms with van der Waals surface area (Å²) in [7, 11) is 0. The molecule has 0 aliphatic rings. The Bertz CT molecular complexity index is 652. The van der Waals surface area contributed by atoms with Gasteiger partial charge < -0.3 is 10.4 Å². The third-order valence-corrected chi connectivity index (χ3v) is 3.96. The molecule has 1 atom stereocenters. The molecule has 1 aromatic heterocycles. The maximum Gasteiger partial charge on any atom is 0.326 e. The van der Waals surface area contributed by atoms with E-state index in [1.165, 1.54) is 11.3 Å². The van der Waals surface area contributed by atoms with Crippen molar-refractivity contribution in [3.63, 3.8) is 0 Å². The van der Waals surface area contributed by atoms with E-state index in [-0.39, 0.29) is 11.6 Å². The van der Waals surface area contributed by atoms with E-state index < -0.39 is 17.9 Å². The number of hydrogen-bond donors (Lipinski definition) is 2. The molecule has 0 aliphatic heterocycles. The summed E-state index contributed by atoms with van der Waals surface area (Å²) < 4.78 is 0. The number of nitrogens with zero attached hydrogens (tertiary/aromatic N) is 1. The number of nitrogens with one attached hydrogen (secondary N) is 1. The molecule has 0 radical (unpaired) electrons. The fraction of sp³-hybridized carbons (Fsp3) is 0.312. The maximum absolute atomic E-state index is 12.2. The molecule has 0 saturated carbocycles. The lowest BCUT2D eigenvalue weighted by atomic mass is 10.0. The molecule has 1 amide bonds. The van der Waals surface area contributed by atoms with Crippen LogP contribution in [-0.4, -0.2) is 28.0 Å². The number of carbonyl (C=O) groups is 2. The Kier molecular flexibility index (Phi) is 5.27. The van der Waals surface area contributed by atoms with Gasteiger partial charge in [0.05, 0.1) is 0 Å². The number of thiazole rings is 1. The van der Waals surface area contributed by atoms with Gasteiger partial charge in [-0.1, -0.05) is 44.2 Å². The first-order valence-corrected chi connectivity index (χ1v) is 7.90. The first-order valence-electron chi connectivity index (χ1n) is 7.02. The summed E-state index contributed by atoms with van der Waals surface area (Å²) in [6, 6.07) is 8.65. The van der Waals surface area contributed by atoms with E-state index in [4.69, 9.17) is 5.11 Å². The van der Waals surface area contributed by atoms with E-state index in [1.54, 1.807) is 5.38 Å². The Hall–Kier alpha value is -2.21. The number of carboxylic acid groups (broad SMARTS) is 1. The van der Waals surface area contributed by atoms with Crippen molar-refractivity contribution >= 4 is 23.2 Å². The van der Waals surface area contributed by atoms with Crippen LogP contribution >= 0.6 is 11.3 Å². The number of carboxylic acids is 1. The highest BCUT2D eigenvalue weighted by Crippen LogP contribution is 2.23. The average Bonchev–Trinajstić information content (AvgIpc) is 2.96. The smallest absolute Gasteiger partial charge is 0.326 e.